The largest absolute Gasteiger partial charge is 0.339 e. The number of likely N-dealkylation sites (N-methyl/N-ethyl adjacent to an activating group) is 2. The third kappa shape index (κ3) is 2.76. The van der Waals surface area contributed by atoms with E-state index < -0.39 is 0 Å². The van der Waals surface area contributed by atoms with Crippen molar-refractivity contribution in [1.29, 1.82) is 0 Å². The zero-order valence-electron chi connectivity index (χ0n) is 12.4. The fourth-order valence-electron chi connectivity index (χ4n) is 2.67. The lowest BCUT2D eigenvalue weighted by molar-refractivity contribution is 0.0250. The average Bonchev–Trinajstić information content (AvgIpc) is 2.41. The highest BCUT2D eigenvalue weighted by atomic mass is 16.2. The highest BCUT2D eigenvalue weighted by Gasteiger charge is 2.40. The van der Waals surface area contributed by atoms with E-state index in [1.807, 2.05) is 7.05 Å². The van der Waals surface area contributed by atoms with E-state index in [1.165, 1.54) is 6.42 Å². The maximum atomic E-state index is 12.4. The molecule has 0 aliphatic heterocycles. The first-order chi connectivity index (χ1) is 9.48. The van der Waals surface area contributed by atoms with Gasteiger partial charge in [0.25, 0.3) is 5.91 Å². The average molecular weight is 277 g/mol. The van der Waals surface area contributed by atoms with Crippen LogP contribution in [0, 0.1) is 0 Å². The first-order valence-corrected chi connectivity index (χ1v) is 6.85. The molecule has 3 N–H and O–H groups in total. The molecule has 0 spiro atoms. The number of nitrogens with zero attached hydrogens (tertiary/aromatic N) is 3. The molecule has 1 aliphatic carbocycles. The number of carbonyl (C=O) groups excluding carboxylic acids is 1. The van der Waals surface area contributed by atoms with Crippen LogP contribution in [0.3, 0.4) is 0 Å². The number of aromatic nitrogens is 1. The number of nitrogen functional groups attached to an aromatic ring is 1. The maximum absolute atomic E-state index is 12.4. The van der Waals surface area contributed by atoms with Gasteiger partial charge in [-0.2, -0.15) is 0 Å². The summed E-state index contributed by atoms with van der Waals surface area (Å²) in [7, 11) is 5.99. The van der Waals surface area contributed by atoms with Gasteiger partial charge in [-0.25, -0.2) is 10.8 Å². The summed E-state index contributed by atoms with van der Waals surface area (Å²) < 4.78 is 0. The number of hydrogen-bond donors (Lipinski definition) is 2. The Kier molecular flexibility index (Phi) is 4.25. The molecule has 0 unspecified atom stereocenters. The van der Waals surface area contributed by atoms with E-state index in [9.17, 15) is 4.79 Å². The summed E-state index contributed by atoms with van der Waals surface area (Å²) in [6, 6.07) is 5.21. The summed E-state index contributed by atoms with van der Waals surface area (Å²) in [4.78, 5) is 20.6. The zero-order valence-corrected chi connectivity index (χ0v) is 12.4. The Bertz CT molecular complexity index is 484. The Morgan fingerprint density at radius 2 is 2.10 bits per heavy atom. The van der Waals surface area contributed by atoms with Crippen molar-refractivity contribution in [3.63, 3.8) is 0 Å². The van der Waals surface area contributed by atoms with Gasteiger partial charge >= 0.3 is 0 Å². The van der Waals surface area contributed by atoms with E-state index in [1.54, 1.807) is 23.1 Å². The Labute approximate surface area is 119 Å². The van der Waals surface area contributed by atoms with Gasteiger partial charge in [-0.15, -0.1) is 0 Å². The monoisotopic (exact) mass is 277 g/mol. The highest BCUT2D eigenvalue weighted by molar-refractivity contribution is 5.92. The Hall–Kier alpha value is -1.66. The molecule has 0 atom stereocenters. The van der Waals surface area contributed by atoms with Gasteiger partial charge in [-0.3, -0.25) is 4.79 Å². The van der Waals surface area contributed by atoms with Crippen molar-refractivity contribution in [1.82, 2.24) is 14.8 Å². The van der Waals surface area contributed by atoms with E-state index in [0.717, 1.165) is 19.4 Å². The second-order valence-corrected chi connectivity index (χ2v) is 5.69. The Morgan fingerprint density at radius 3 is 2.60 bits per heavy atom. The molecule has 1 heterocycles. The molecule has 1 aliphatic rings. The van der Waals surface area contributed by atoms with Gasteiger partial charge in [-0.1, -0.05) is 6.07 Å². The molecule has 1 amide bonds. The molecule has 6 nitrogen and oxygen atoms in total. The van der Waals surface area contributed by atoms with Crippen LogP contribution >= 0.6 is 0 Å². The van der Waals surface area contributed by atoms with Crippen LogP contribution in [0.1, 0.15) is 29.8 Å². The van der Waals surface area contributed by atoms with Crippen molar-refractivity contribution in [2.24, 2.45) is 5.84 Å². The molecule has 1 saturated carbocycles. The number of hydrogen-bond acceptors (Lipinski definition) is 5. The van der Waals surface area contributed by atoms with Crippen LogP contribution in [0.4, 0.5) is 5.82 Å². The molecule has 0 aromatic carbocycles. The topological polar surface area (TPSA) is 74.5 Å². The first kappa shape index (κ1) is 14.7. The number of nitrogens with two attached hydrogens (primary N) is 1. The molecule has 20 heavy (non-hydrogen) atoms. The minimum absolute atomic E-state index is 0.0739. The third-order valence-corrected chi connectivity index (χ3v) is 4.23. The molecular weight excluding hydrogens is 254 g/mol. The summed E-state index contributed by atoms with van der Waals surface area (Å²) >= 11 is 0. The highest BCUT2D eigenvalue weighted by Crippen LogP contribution is 2.36. The smallest absolute Gasteiger partial charge is 0.272 e. The minimum Gasteiger partial charge on any atom is -0.339 e. The van der Waals surface area contributed by atoms with Crippen LogP contribution in [0.25, 0.3) is 0 Å². The van der Waals surface area contributed by atoms with Crippen LogP contribution in [0.15, 0.2) is 18.2 Å². The predicted molar refractivity (Wildman–Crippen MR) is 79.3 cm³/mol. The fraction of sp³-hybridized carbons (Fsp3) is 0.571. The second-order valence-electron chi connectivity index (χ2n) is 5.69. The van der Waals surface area contributed by atoms with Gasteiger partial charge in [0.1, 0.15) is 11.5 Å². The van der Waals surface area contributed by atoms with E-state index in [4.69, 9.17) is 5.84 Å². The van der Waals surface area contributed by atoms with E-state index in [0.29, 0.717) is 11.5 Å². The first-order valence-electron chi connectivity index (χ1n) is 6.85. The van der Waals surface area contributed by atoms with Crippen molar-refractivity contribution >= 4 is 11.7 Å². The third-order valence-electron chi connectivity index (χ3n) is 4.23. The van der Waals surface area contributed by atoms with E-state index in [-0.39, 0.29) is 11.4 Å². The lowest BCUT2D eigenvalue weighted by Gasteiger charge is -2.49. The molecule has 0 bridgehead atoms. The molecule has 6 heteroatoms. The van der Waals surface area contributed by atoms with E-state index >= 15 is 0 Å². The molecule has 110 valence electrons. The minimum atomic E-state index is -0.0739. The predicted octanol–water partition coefficient (Wildman–Crippen LogP) is 0.924. The molecular formula is C14H23N5O. The summed E-state index contributed by atoms with van der Waals surface area (Å²) in [5.41, 5.74) is 2.99. The van der Waals surface area contributed by atoms with Crippen LogP contribution in [0.2, 0.25) is 0 Å². The van der Waals surface area contributed by atoms with Crippen LogP contribution in [0.5, 0.6) is 0 Å². The number of pyridine rings is 1. The molecule has 0 saturated heterocycles. The van der Waals surface area contributed by atoms with Gasteiger partial charge in [0.05, 0.1) is 0 Å². The molecule has 1 aromatic rings. The zero-order chi connectivity index (χ0) is 14.8. The summed E-state index contributed by atoms with van der Waals surface area (Å²) in [6.45, 7) is 0.723. The standard InChI is InChI=1S/C14H23N5O/c1-18(2)14(8-5-9-14)10-19(3)13(20)11-6-4-7-12(16-11)17-15/h4,6-7H,5,8-10,15H2,1-3H3,(H,16,17). The Balaban J connectivity index is 2.08. The van der Waals surface area contributed by atoms with Crippen molar-refractivity contribution in [2.45, 2.75) is 24.8 Å². The summed E-state index contributed by atoms with van der Waals surface area (Å²) in [5, 5.41) is 0. The SMILES string of the molecule is CN(CC1(N(C)C)CCC1)C(=O)c1cccc(NN)n1. The van der Waals surface area contributed by atoms with Crippen LogP contribution in [-0.4, -0.2) is 53.9 Å². The van der Waals surface area contributed by atoms with Crippen molar-refractivity contribution < 1.29 is 4.79 Å². The Morgan fingerprint density at radius 1 is 1.40 bits per heavy atom. The van der Waals surface area contributed by atoms with E-state index in [2.05, 4.69) is 29.4 Å². The van der Waals surface area contributed by atoms with Crippen molar-refractivity contribution in [2.75, 3.05) is 33.1 Å². The van der Waals surface area contributed by atoms with Gasteiger partial charge in [0.2, 0.25) is 0 Å². The molecule has 2 rings (SSSR count). The fourth-order valence-corrected chi connectivity index (χ4v) is 2.67. The maximum Gasteiger partial charge on any atom is 0.272 e. The number of carbonyl (C=O) groups is 1. The number of anilines is 1. The number of rotatable bonds is 5. The van der Waals surface area contributed by atoms with Crippen LogP contribution in [-0.2, 0) is 0 Å². The van der Waals surface area contributed by atoms with Crippen molar-refractivity contribution in [3.05, 3.63) is 23.9 Å². The lowest BCUT2D eigenvalue weighted by Crippen LogP contribution is -2.57. The number of nitrogens with one attached hydrogen (secondary N) is 1. The molecule has 1 fully saturated rings. The van der Waals surface area contributed by atoms with Gasteiger partial charge < -0.3 is 15.2 Å². The molecule has 1 aromatic heterocycles. The quantitative estimate of drug-likeness (QED) is 0.618. The van der Waals surface area contributed by atoms with Gasteiger partial charge in [0, 0.05) is 19.1 Å². The van der Waals surface area contributed by atoms with Crippen LogP contribution < -0.4 is 11.3 Å². The number of hydrazine groups is 1. The van der Waals surface area contributed by atoms with Gasteiger partial charge in [0.15, 0.2) is 0 Å². The summed E-state index contributed by atoms with van der Waals surface area (Å²) in [6.07, 6.45) is 3.50. The van der Waals surface area contributed by atoms with Crippen molar-refractivity contribution in [3.8, 4) is 0 Å². The molecule has 0 radical (unpaired) electrons. The van der Waals surface area contributed by atoms with Gasteiger partial charge in [-0.05, 0) is 45.5 Å². The normalized spacial score (nSPS) is 16.6. The number of amides is 1. The summed E-state index contributed by atoms with van der Waals surface area (Å²) in [5.74, 6) is 5.74. The second kappa shape index (κ2) is 5.76. The lowest BCUT2D eigenvalue weighted by atomic mass is 9.75.